The number of hydrogen-bond donors (Lipinski definition) is 3. The Kier molecular flexibility index (Phi) is 4.26. The zero-order valence-corrected chi connectivity index (χ0v) is 11.4. The highest BCUT2D eigenvalue weighted by molar-refractivity contribution is 5.91. The van der Waals surface area contributed by atoms with Gasteiger partial charge in [0.25, 0.3) is 0 Å². The van der Waals surface area contributed by atoms with Crippen molar-refractivity contribution in [3.63, 3.8) is 0 Å². The van der Waals surface area contributed by atoms with Crippen LogP contribution in [0.1, 0.15) is 37.2 Å². The molecule has 6 heteroatoms. The van der Waals surface area contributed by atoms with Crippen LogP contribution < -0.4 is 5.32 Å². The van der Waals surface area contributed by atoms with Crippen LogP contribution in [0.4, 0.5) is 0 Å². The predicted octanol–water partition coefficient (Wildman–Crippen LogP) is 1.37. The summed E-state index contributed by atoms with van der Waals surface area (Å²) < 4.78 is 0. The molecule has 0 radical (unpaired) electrons. The topological polar surface area (TPSA) is 104 Å². The van der Waals surface area contributed by atoms with Gasteiger partial charge in [-0.1, -0.05) is 30.3 Å². The second kappa shape index (κ2) is 5.95. The maximum Gasteiger partial charge on any atom is 0.330 e. The molecule has 0 aromatic heterocycles. The maximum absolute atomic E-state index is 11.8. The average Bonchev–Trinajstić information content (AvgIpc) is 3.15. The molecular weight excluding hydrogens is 274 g/mol. The lowest BCUT2D eigenvalue weighted by Gasteiger charge is -2.15. The van der Waals surface area contributed by atoms with Gasteiger partial charge in [0.05, 0.1) is 0 Å². The number of amides is 1. The molecule has 112 valence electrons. The standard InChI is InChI=1S/C15H17NO5/c17-12(7-4-8-13(18)19)16-15(14(20)21)9-11(15)10-5-2-1-3-6-10/h1-3,5-6,11H,4,7-9H2,(H,16,17)(H,18,19)(H,20,21)/t11-,15?/m0/s1. The zero-order chi connectivity index (χ0) is 15.5. The van der Waals surface area contributed by atoms with Gasteiger partial charge < -0.3 is 15.5 Å². The first kappa shape index (κ1) is 15.0. The molecule has 6 nitrogen and oxygen atoms in total. The summed E-state index contributed by atoms with van der Waals surface area (Å²) in [5.41, 5.74) is -0.368. The normalized spacial score (nSPS) is 23.3. The molecule has 1 fully saturated rings. The third kappa shape index (κ3) is 3.39. The van der Waals surface area contributed by atoms with Crippen molar-refractivity contribution in [2.24, 2.45) is 0 Å². The fraction of sp³-hybridized carbons (Fsp3) is 0.400. The summed E-state index contributed by atoms with van der Waals surface area (Å²) in [6.45, 7) is 0. The van der Waals surface area contributed by atoms with E-state index in [0.717, 1.165) is 5.56 Å². The minimum atomic E-state index is -1.25. The predicted molar refractivity (Wildman–Crippen MR) is 73.8 cm³/mol. The van der Waals surface area contributed by atoms with Crippen molar-refractivity contribution in [1.29, 1.82) is 0 Å². The Morgan fingerprint density at radius 1 is 1.14 bits per heavy atom. The van der Waals surface area contributed by atoms with Gasteiger partial charge in [0.2, 0.25) is 5.91 Å². The number of nitrogens with one attached hydrogen (secondary N) is 1. The summed E-state index contributed by atoms with van der Waals surface area (Å²) in [5, 5.41) is 20.5. The molecule has 0 heterocycles. The van der Waals surface area contributed by atoms with Gasteiger partial charge in [0, 0.05) is 18.8 Å². The van der Waals surface area contributed by atoms with Crippen molar-refractivity contribution >= 4 is 17.8 Å². The number of carboxylic acid groups (broad SMARTS) is 2. The van der Waals surface area contributed by atoms with Crippen LogP contribution in [0.15, 0.2) is 30.3 Å². The van der Waals surface area contributed by atoms with Crippen molar-refractivity contribution in [1.82, 2.24) is 5.32 Å². The number of carboxylic acids is 2. The largest absolute Gasteiger partial charge is 0.481 e. The molecule has 2 rings (SSSR count). The summed E-state index contributed by atoms with van der Waals surface area (Å²) in [4.78, 5) is 33.7. The molecule has 0 bridgehead atoms. The number of benzene rings is 1. The molecule has 2 atom stereocenters. The summed E-state index contributed by atoms with van der Waals surface area (Å²) in [6.07, 6.45) is 0.475. The Morgan fingerprint density at radius 2 is 1.81 bits per heavy atom. The van der Waals surface area contributed by atoms with Gasteiger partial charge in [-0.3, -0.25) is 9.59 Å². The van der Waals surface area contributed by atoms with Crippen LogP contribution in [0.5, 0.6) is 0 Å². The monoisotopic (exact) mass is 291 g/mol. The molecule has 0 aliphatic heterocycles. The number of hydrogen-bond acceptors (Lipinski definition) is 3. The summed E-state index contributed by atoms with van der Waals surface area (Å²) in [6, 6.07) is 9.18. The van der Waals surface area contributed by atoms with E-state index >= 15 is 0 Å². The van der Waals surface area contributed by atoms with Crippen molar-refractivity contribution in [2.45, 2.75) is 37.1 Å². The molecule has 1 aliphatic rings. The highest BCUT2D eigenvalue weighted by atomic mass is 16.4. The third-order valence-electron chi connectivity index (χ3n) is 3.70. The SMILES string of the molecule is O=C(O)CCCC(=O)NC1(C(=O)O)C[C@H]1c1ccccc1. The Morgan fingerprint density at radius 3 is 2.38 bits per heavy atom. The van der Waals surface area contributed by atoms with E-state index in [1.165, 1.54) is 0 Å². The van der Waals surface area contributed by atoms with E-state index in [0.29, 0.717) is 6.42 Å². The highest BCUT2D eigenvalue weighted by Gasteiger charge is 2.62. The summed E-state index contributed by atoms with van der Waals surface area (Å²) in [5.74, 6) is -2.68. The molecular formula is C15H17NO5. The minimum Gasteiger partial charge on any atom is -0.481 e. The van der Waals surface area contributed by atoms with Gasteiger partial charge in [0.15, 0.2) is 0 Å². The quantitative estimate of drug-likeness (QED) is 0.704. The molecule has 1 aromatic carbocycles. The van der Waals surface area contributed by atoms with E-state index in [9.17, 15) is 19.5 Å². The van der Waals surface area contributed by atoms with Crippen molar-refractivity contribution < 1.29 is 24.6 Å². The van der Waals surface area contributed by atoms with E-state index in [1.54, 1.807) is 0 Å². The van der Waals surface area contributed by atoms with Crippen LogP contribution in [0.25, 0.3) is 0 Å². The number of carbonyl (C=O) groups excluding carboxylic acids is 1. The minimum absolute atomic E-state index is 0.0167. The van der Waals surface area contributed by atoms with Crippen LogP contribution in [-0.4, -0.2) is 33.6 Å². The molecule has 1 unspecified atom stereocenters. The van der Waals surface area contributed by atoms with Gasteiger partial charge in [-0.25, -0.2) is 4.79 Å². The zero-order valence-electron chi connectivity index (χ0n) is 11.4. The Balaban J connectivity index is 1.97. The number of carbonyl (C=O) groups is 3. The lowest BCUT2D eigenvalue weighted by Crippen LogP contribution is -2.44. The summed E-state index contributed by atoms with van der Waals surface area (Å²) >= 11 is 0. The number of aliphatic carboxylic acids is 2. The first-order valence-electron chi connectivity index (χ1n) is 6.77. The molecule has 0 spiro atoms. The molecule has 3 N–H and O–H groups in total. The van der Waals surface area contributed by atoms with E-state index in [4.69, 9.17) is 5.11 Å². The van der Waals surface area contributed by atoms with Crippen molar-refractivity contribution in [3.8, 4) is 0 Å². The lowest BCUT2D eigenvalue weighted by atomic mass is 10.1. The van der Waals surface area contributed by atoms with E-state index < -0.39 is 23.4 Å². The van der Waals surface area contributed by atoms with Gasteiger partial charge in [-0.15, -0.1) is 0 Å². The molecule has 21 heavy (non-hydrogen) atoms. The third-order valence-corrected chi connectivity index (χ3v) is 3.70. The Labute approximate surface area is 121 Å². The van der Waals surface area contributed by atoms with Crippen LogP contribution in [0.2, 0.25) is 0 Å². The van der Waals surface area contributed by atoms with Gasteiger partial charge in [-0.05, 0) is 18.4 Å². The van der Waals surface area contributed by atoms with Gasteiger partial charge in [-0.2, -0.15) is 0 Å². The second-order valence-corrected chi connectivity index (χ2v) is 5.24. The Bertz CT molecular complexity index is 556. The lowest BCUT2D eigenvalue weighted by molar-refractivity contribution is -0.143. The fourth-order valence-electron chi connectivity index (χ4n) is 2.49. The molecule has 1 aliphatic carbocycles. The fourth-order valence-corrected chi connectivity index (χ4v) is 2.49. The molecule has 0 saturated heterocycles. The van der Waals surface area contributed by atoms with E-state index in [1.807, 2.05) is 30.3 Å². The molecule has 1 saturated carbocycles. The average molecular weight is 291 g/mol. The molecule has 1 aromatic rings. The first-order valence-corrected chi connectivity index (χ1v) is 6.77. The summed E-state index contributed by atoms with van der Waals surface area (Å²) in [7, 11) is 0. The smallest absolute Gasteiger partial charge is 0.330 e. The maximum atomic E-state index is 11.8. The van der Waals surface area contributed by atoms with Gasteiger partial charge >= 0.3 is 11.9 Å². The van der Waals surface area contributed by atoms with Crippen LogP contribution in [0, 0.1) is 0 Å². The van der Waals surface area contributed by atoms with Crippen molar-refractivity contribution in [3.05, 3.63) is 35.9 Å². The van der Waals surface area contributed by atoms with Crippen LogP contribution in [-0.2, 0) is 14.4 Å². The van der Waals surface area contributed by atoms with E-state index in [2.05, 4.69) is 5.32 Å². The molecule has 1 amide bonds. The van der Waals surface area contributed by atoms with Crippen molar-refractivity contribution in [2.75, 3.05) is 0 Å². The Hall–Kier alpha value is -2.37. The van der Waals surface area contributed by atoms with Gasteiger partial charge in [0.1, 0.15) is 5.54 Å². The van der Waals surface area contributed by atoms with E-state index in [-0.39, 0.29) is 25.2 Å². The van der Waals surface area contributed by atoms with Crippen LogP contribution >= 0.6 is 0 Å². The number of rotatable bonds is 7. The second-order valence-electron chi connectivity index (χ2n) is 5.24. The highest BCUT2D eigenvalue weighted by Crippen LogP contribution is 2.51. The first-order chi connectivity index (χ1) is 9.95. The van der Waals surface area contributed by atoms with Crippen LogP contribution in [0.3, 0.4) is 0 Å².